The molecular weight excluding hydrogens is 240 g/mol. The molecule has 1 aliphatic rings. The lowest BCUT2D eigenvalue weighted by Crippen LogP contribution is -2.45. The van der Waals surface area contributed by atoms with Gasteiger partial charge >= 0.3 is 0 Å². The molecule has 19 heavy (non-hydrogen) atoms. The molecule has 0 unspecified atom stereocenters. The van der Waals surface area contributed by atoms with Gasteiger partial charge in [-0.3, -0.25) is 4.79 Å². The minimum absolute atomic E-state index is 0.101. The summed E-state index contributed by atoms with van der Waals surface area (Å²) < 4.78 is 0. The molecule has 4 heteroatoms. The zero-order valence-corrected chi connectivity index (χ0v) is 11.6. The van der Waals surface area contributed by atoms with Crippen LogP contribution in [0.2, 0.25) is 0 Å². The Labute approximate surface area is 114 Å². The second kappa shape index (κ2) is 6.06. The number of aliphatic hydroxyl groups is 1. The van der Waals surface area contributed by atoms with Crippen molar-refractivity contribution < 1.29 is 9.90 Å². The molecule has 0 spiro atoms. The predicted octanol–water partition coefficient (Wildman–Crippen LogP) is 1.79. The normalized spacial score (nSPS) is 22.9. The predicted molar refractivity (Wildman–Crippen MR) is 76.5 cm³/mol. The van der Waals surface area contributed by atoms with Crippen molar-refractivity contribution in [2.24, 2.45) is 0 Å². The van der Waals surface area contributed by atoms with Gasteiger partial charge in [-0.25, -0.2) is 0 Å². The molecule has 4 nitrogen and oxygen atoms in total. The van der Waals surface area contributed by atoms with Crippen LogP contribution >= 0.6 is 0 Å². The first-order valence-electron chi connectivity index (χ1n) is 6.84. The number of aliphatic hydroxyl groups excluding tert-OH is 1. The van der Waals surface area contributed by atoms with E-state index in [4.69, 9.17) is 0 Å². The van der Waals surface area contributed by atoms with Crippen LogP contribution in [0.25, 0.3) is 0 Å². The highest BCUT2D eigenvalue weighted by atomic mass is 16.3. The Morgan fingerprint density at radius 1 is 1.21 bits per heavy atom. The number of nitrogens with zero attached hydrogens (tertiary/aromatic N) is 1. The fourth-order valence-corrected chi connectivity index (χ4v) is 2.44. The summed E-state index contributed by atoms with van der Waals surface area (Å²) in [6.45, 7) is 0. The molecule has 0 radical (unpaired) electrons. The molecule has 1 saturated carbocycles. The number of carbonyl (C=O) groups excluding carboxylic acids is 1. The molecule has 104 valence electrons. The van der Waals surface area contributed by atoms with Gasteiger partial charge in [0.25, 0.3) is 5.91 Å². The van der Waals surface area contributed by atoms with Crippen LogP contribution in [-0.4, -0.2) is 37.3 Å². The van der Waals surface area contributed by atoms with E-state index in [0.717, 1.165) is 31.4 Å². The highest BCUT2D eigenvalue weighted by molar-refractivity contribution is 5.94. The van der Waals surface area contributed by atoms with E-state index in [1.807, 2.05) is 43.3 Å². The summed E-state index contributed by atoms with van der Waals surface area (Å²) in [5.41, 5.74) is 1.71. The Balaban J connectivity index is 1.99. The Hall–Kier alpha value is -1.55. The van der Waals surface area contributed by atoms with Crippen LogP contribution in [0.1, 0.15) is 36.0 Å². The third-order valence-corrected chi connectivity index (χ3v) is 3.69. The fourth-order valence-electron chi connectivity index (χ4n) is 2.44. The monoisotopic (exact) mass is 262 g/mol. The van der Waals surface area contributed by atoms with Crippen molar-refractivity contribution in [3.8, 4) is 0 Å². The van der Waals surface area contributed by atoms with Gasteiger partial charge in [-0.05, 0) is 37.1 Å². The van der Waals surface area contributed by atoms with E-state index in [0.29, 0.717) is 5.56 Å². The topological polar surface area (TPSA) is 52.6 Å². The number of benzene rings is 1. The van der Waals surface area contributed by atoms with Gasteiger partial charge in [-0.15, -0.1) is 0 Å². The van der Waals surface area contributed by atoms with E-state index in [1.54, 1.807) is 0 Å². The molecule has 1 aliphatic carbocycles. The molecule has 2 N–H and O–H groups in total. The van der Waals surface area contributed by atoms with Crippen molar-refractivity contribution in [3.05, 3.63) is 29.8 Å². The second-order valence-electron chi connectivity index (χ2n) is 5.37. The Morgan fingerprint density at radius 2 is 1.84 bits per heavy atom. The largest absolute Gasteiger partial charge is 0.391 e. The molecule has 2 atom stereocenters. The first-order valence-corrected chi connectivity index (χ1v) is 6.84. The molecule has 0 bridgehead atoms. The number of rotatable bonds is 3. The number of amides is 1. The van der Waals surface area contributed by atoms with Crippen LogP contribution in [0, 0.1) is 0 Å². The number of hydrogen-bond acceptors (Lipinski definition) is 3. The van der Waals surface area contributed by atoms with E-state index < -0.39 is 6.10 Å². The lowest BCUT2D eigenvalue weighted by atomic mass is 9.92. The third kappa shape index (κ3) is 3.47. The van der Waals surface area contributed by atoms with E-state index in [2.05, 4.69) is 5.32 Å². The van der Waals surface area contributed by atoms with E-state index in [9.17, 15) is 9.90 Å². The van der Waals surface area contributed by atoms with Gasteiger partial charge in [0.15, 0.2) is 0 Å². The maximum absolute atomic E-state index is 12.1. The zero-order valence-electron chi connectivity index (χ0n) is 11.6. The van der Waals surface area contributed by atoms with Crippen LogP contribution in [-0.2, 0) is 0 Å². The number of carbonyl (C=O) groups is 1. The summed E-state index contributed by atoms with van der Waals surface area (Å²) in [6.07, 6.45) is 3.36. The van der Waals surface area contributed by atoms with Crippen LogP contribution in [0.15, 0.2) is 24.3 Å². The van der Waals surface area contributed by atoms with E-state index in [-0.39, 0.29) is 11.9 Å². The van der Waals surface area contributed by atoms with Crippen molar-refractivity contribution in [3.63, 3.8) is 0 Å². The number of anilines is 1. The van der Waals surface area contributed by atoms with Crippen molar-refractivity contribution >= 4 is 11.6 Å². The molecular formula is C15H22N2O2. The highest BCUT2D eigenvalue weighted by Gasteiger charge is 2.24. The van der Waals surface area contributed by atoms with Gasteiger partial charge in [0.1, 0.15) is 0 Å². The van der Waals surface area contributed by atoms with Crippen molar-refractivity contribution in [1.82, 2.24) is 5.32 Å². The molecule has 0 heterocycles. The molecule has 1 amide bonds. The maximum atomic E-state index is 12.1. The Kier molecular flexibility index (Phi) is 4.43. The van der Waals surface area contributed by atoms with Crippen molar-refractivity contribution in [1.29, 1.82) is 0 Å². The average Bonchev–Trinajstić information content (AvgIpc) is 2.41. The summed E-state index contributed by atoms with van der Waals surface area (Å²) in [6, 6.07) is 7.38. The smallest absolute Gasteiger partial charge is 0.251 e. The zero-order chi connectivity index (χ0) is 13.8. The van der Waals surface area contributed by atoms with Crippen molar-refractivity contribution in [2.45, 2.75) is 37.8 Å². The van der Waals surface area contributed by atoms with Gasteiger partial charge in [0, 0.05) is 25.3 Å². The van der Waals surface area contributed by atoms with Gasteiger partial charge < -0.3 is 15.3 Å². The molecule has 0 saturated heterocycles. The first-order chi connectivity index (χ1) is 9.08. The van der Waals surface area contributed by atoms with Gasteiger partial charge in [0.05, 0.1) is 12.1 Å². The molecule has 0 aliphatic heterocycles. The SMILES string of the molecule is CN(C)c1ccc(C(=O)N[C@@H]2CCCC[C@@H]2O)cc1. The molecule has 0 aromatic heterocycles. The summed E-state index contributed by atoms with van der Waals surface area (Å²) in [4.78, 5) is 14.1. The van der Waals surface area contributed by atoms with Crippen LogP contribution < -0.4 is 10.2 Å². The summed E-state index contributed by atoms with van der Waals surface area (Å²) in [5.74, 6) is -0.101. The summed E-state index contributed by atoms with van der Waals surface area (Å²) in [7, 11) is 3.93. The Bertz CT molecular complexity index is 428. The molecule has 1 fully saturated rings. The van der Waals surface area contributed by atoms with E-state index in [1.165, 1.54) is 0 Å². The molecule has 2 rings (SSSR count). The minimum atomic E-state index is -0.404. The van der Waals surface area contributed by atoms with Gasteiger partial charge in [0.2, 0.25) is 0 Å². The van der Waals surface area contributed by atoms with Crippen LogP contribution in [0.3, 0.4) is 0 Å². The lowest BCUT2D eigenvalue weighted by molar-refractivity contribution is 0.0717. The van der Waals surface area contributed by atoms with E-state index >= 15 is 0 Å². The fraction of sp³-hybridized carbons (Fsp3) is 0.533. The minimum Gasteiger partial charge on any atom is -0.391 e. The van der Waals surface area contributed by atoms with Crippen LogP contribution in [0.4, 0.5) is 5.69 Å². The van der Waals surface area contributed by atoms with Crippen molar-refractivity contribution in [2.75, 3.05) is 19.0 Å². The second-order valence-corrected chi connectivity index (χ2v) is 5.37. The first kappa shape index (κ1) is 13.9. The molecule has 1 aromatic rings. The summed E-state index contributed by atoms with van der Waals surface area (Å²) >= 11 is 0. The quantitative estimate of drug-likeness (QED) is 0.873. The lowest BCUT2D eigenvalue weighted by Gasteiger charge is -2.28. The van der Waals surface area contributed by atoms with Gasteiger partial charge in [-0.1, -0.05) is 12.8 Å². The average molecular weight is 262 g/mol. The standard InChI is InChI=1S/C15H22N2O2/c1-17(2)12-9-7-11(8-10-12)15(19)16-13-5-3-4-6-14(13)18/h7-10,13-14,18H,3-6H2,1-2H3,(H,16,19)/t13-,14+/m1/s1. The number of hydrogen-bond donors (Lipinski definition) is 2. The Morgan fingerprint density at radius 3 is 2.42 bits per heavy atom. The number of nitrogens with one attached hydrogen (secondary N) is 1. The van der Waals surface area contributed by atoms with Crippen LogP contribution in [0.5, 0.6) is 0 Å². The summed E-state index contributed by atoms with van der Waals surface area (Å²) in [5, 5.41) is 12.8. The third-order valence-electron chi connectivity index (χ3n) is 3.69. The maximum Gasteiger partial charge on any atom is 0.251 e. The molecule has 1 aromatic carbocycles. The highest BCUT2D eigenvalue weighted by Crippen LogP contribution is 2.19. The van der Waals surface area contributed by atoms with Gasteiger partial charge in [-0.2, -0.15) is 0 Å².